The molecular weight excluding hydrogens is 306 g/mol. The number of nitrogens with one attached hydrogen (secondary N) is 2. The standard InChI is InChI=1S/C17H27N5O2/c1-13(23)11-17(2,3)12-19-16(24)18-9-6-8-15-21-20-14-7-4-5-10-22(14)15/h4-5,7,10,13,23H,6,8-9,11-12H2,1-3H3,(H2,18,19,24). The molecule has 2 aromatic rings. The molecule has 2 aromatic heterocycles. The minimum atomic E-state index is -0.372. The van der Waals surface area contributed by atoms with E-state index in [0.717, 1.165) is 24.3 Å². The lowest BCUT2D eigenvalue weighted by Gasteiger charge is -2.26. The van der Waals surface area contributed by atoms with E-state index in [2.05, 4.69) is 20.8 Å². The van der Waals surface area contributed by atoms with Gasteiger partial charge in [0.1, 0.15) is 5.82 Å². The van der Waals surface area contributed by atoms with Crippen molar-refractivity contribution in [3.8, 4) is 0 Å². The van der Waals surface area contributed by atoms with E-state index in [0.29, 0.717) is 19.5 Å². The molecule has 0 fully saturated rings. The third-order valence-electron chi connectivity index (χ3n) is 3.82. The van der Waals surface area contributed by atoms with Crippen LogP contribution in [0.15, 0.2) is 24.4 Å². The number of rotatable bonds is 8. The highest BCUT2D eigenvalue weighted by atomic mass is 16.3. The molecule has 0 radical (unpaired) electrons. The van der Waals surface area contributed by atoms with Crippen LogP contribution in [-0.2, 0) is 6.42 Å². The van der Waals surface area contributed by atoms with Gasteiger partial charge in [0.15, 0.2) is 5.65 Å². The summed E-state index contributed by atoms with van der Waals surface area (Å²) >= 11 is 0. The van der Waals surface area contributed by atoms with Gasteiger partial charge >= 0.3 is 6.03 Å². The van der Waals surface area contributed by atoms with E-state index < -0.39 is 0 Å². The minimum Gasteiger partial charge on any atom is -0.393 e. The van der Waals surface area contributed by atoms with Gasteiger partial charge in [-0.25, -0.2) is 4.79 Å². The number of aliphatic hydroxyl groups is 1. The second-order valence-corrected chi connectivity index (χ2v) is 6.98. The average Bonchev–Trinajstić information content (AvgIpc) is 2.92. The Bertz CT molecular complexity index is 666. The molecule has 0 spiro atoms. The molecule has 0 aliphatic carbocycles. The van der Waals surface area contributed by atoms with Gasteiger partial charge in [-0.05, 0) is 37.3 Å². The zero-order chi connectivity index (χ0) is 17.6. The van der Waals surface area contributed by atoms with E-state index in [1.807, 2.05) is 42.6 Å². The Morgan fingerprint density at radius 1 is 1.33 bits per heavy atom. The van der Waals surface area contributed by atoms with Crippen molar-refractivity contribution in [3.63, 3.8) is 0 Å². The van der Waals surface area contributed by atoms with Crippen LogP contribution in [0, 0.1) is 5.41 Å². The quantitative estimate of drug-likeness (QED) is 0.642. The predicted molar refractivity (Wildman–Crippen MR) is 92.8 cm³/mol. The van der Waals surface area contributed by atoms with Crippen molar-refractivity contribution < 1.29 is 9.90 Å². The van der Waals surface area contributed by atoms with E-state index >= 15 is 0 Å². The van der Waals surface area contributed by atoms with Crippen LogP contribution in [0.25, 0.3) is 5.65 Å². The number of aliphatic hydroxyl groups excluding tert-OH is 1. The van der Waals surface area contributed by atoms with Gasteiger partial charge in [0.05, 0.1) is 6.10 Å². The highest BCUT2D eigenvalue weighted by molar-refractivity contribution is 5.73. The molecule has 7 nitrogen and oxygen atoms in total. The molecule has 0 saturated heterocycles. The Morgan fingerprint density at radius 3 is 2.88 bits per heavy atom. The van der Waals surface area contributed by atoms with Crippen LogP contribution in [0.4, 0.5) is 4.79 Å². The largest absolute Gasteiger partial charge is 0.393 e. The van der Waals surface area contributed by atoms with E-state index in [1.165, 1.54) is 0 Å². The molecule has 0 aromatic carbocycles. The summed E-state index contributed by atoms with van der Waals surface area (Å²) in [5, 5.41) is 23.4. The highest BCUT2D eigenvalue weighted by Gasteiger charge is 2.20. The first-order valence-corrected chi connectivity index (χ1v) is 8.36. The molecule has 2 heterocycles. The number of nitrogens with zero attached hydrogens (tertiary/aromatic N) is 3. The molecule has 2 amide bonds. The fourth-order valence-electron chi connectivity index (χ4n) is 2.76. The lowest BCUT2D eigenvalue weighted by Crippen LogP contribution is -2.41. The Morgan fingerprint density at radius 2 is 2.12 bits per heavy atom. The minimum absolute atomic E-state index is 0.133. The monoisotopic (exact) mass is 333 g/mol. The molecule has 0 aliphatic heterocycles. The van der Waals surface area contributed by atoms with Crippen molar-refractivity contribution in [1.29, 1.82) is 0 Å². The Balaban J connectivity index is 1.68. The van der Waals surface area contributed by atoms with Gasteiger partial charge in [-0.3, -0.25) is 4.40 Å². The summed E-state index contributed by atoms with van der Waals surface area (Å²) in [7, 11) is 0. The summed E-state index contributed by atoms with van der Waals surface area (Å²) in [5.74, 6) is 0.894. The molecule has 7 heteroatoms. The second-order valence-electron chi connectivity index (χ2n) is 6.98. The topological polar surface area (TPSA) is 91.5 Å². The van der Waals surface area contributed by atoms with E-state index in [9.17, 15) is 9.90 Å². The van der Waals surface area contributed by atoms with E-state index in [1.54, 1.807) is 6.92 Å². The van der Waals surface area contributed by atoms with Crippen LogP contribution in [0.1, 0.15) is 39.4 Å². The number of fused-ring (bicyclic) bond motifs is 1. The SMILES string of the molecule is CC(O)CC(C)(C)CNC(=O)NCCCc1nnc2ccccn12. The van der Waals surface area contributed by atoms with Crippen molar-refractivity contribution in [2.45, 2.75) is 46.1 Å². The fraction of sp³-hybridized carbons (Fsp3) is 0.588. The summed E-state index contributed by atoms with van der Waals surface area (Å²) in [6.45, 7) is 6.91. The summed E-state index contributed by atoms with van der Waals surface area (Å²) < 4.78 is 1.96. The summed E-state index contributed by atoms with van der Waals surface area (Å²) in [6.07, 6.45) is 3.75. The lowest BCUT2D eigenvalue weighted by molar-refractivity contribution is 0.129. The van der Waals surface area contributed by atoms with Gasteiger partial charge in [0.2, 0.25) is 0 Å². The first-order valence-electron chi connectivity index (χ1n) is 8.36. The third kappa shape index (κ3) is 5.49. The second kappa shape index (κ2) is 8.10. The molecule has 0 saturated carbocycles. The number of carbonyl (C=O) groups excluding carboxylic acids is 1. The Labute approximate surface area is 142 Å². The fourth-order valence-corrected chi connectivity index (χ4v) is 2.76. The number of hydrogen-bond donors (Lipinski definition) is 3. The van der Waals surface area contributed by atoms with Gasteiger partial charge < -0.3 is 15.7 Å². The van der Waals surface area contributed by atoms with Crippen molar-refractivity contribution in [1.82, 2.24) is 25.2 Å². The molecule has 0 aliphatic rings. The lowest BCUT2D eigenvalue weighted by atomic mass is 9.87. The first kappa shape index (κ1) is 18.2. The van der Waals surface area contributed by atoms with E-state index in [4.69, 9.17) is 0 Å². The zero-order valence-electron chi connectivity index (χ0n) is 14.6. The molecule has 3 N–H and O–H groups in total. The van der Waals surface area contributed by atoms with Gasteiger partial charge in [-0.15, -0.1) is 10.2 Å². The van der Waals surface area contributed by atoms with Gasteiger partial charge in [0, 0.05) is 25.7 Å². The number of pyridine rings is 1. The normalized spacial score (nSPS) is 13.0. The van der Waals surface area contributed by atoms with Crippen molar-refractivity contribution >= 4 is 11.7 Å². The smallest absolute Gasteiger partial charge is 0.314 e. The maximum Gasteiger partial charge on any atom is 0.314 e. The first-order chi connectivity index (χ1) is 11.4. The summed E-state index contributed by atoms with van der Waals surface area (Å²) in [5.41, 5.74) is 0.699. The maximum atomic E-state index is 11.8. The number of urea groups is 1. The maximum absolute atomic E-state index is 11.8. The van der Waals surface area contributed by atoms with Crippen LogP contribution >= 0.6 is 0 Å². The molecule has 1 atom stereocenters. The Kier molecular flexibility index (Phi) is 6.14. The molecule has 1 unspecified atom stereocenters. The van der Waals surface area contributed by atoms with Crippen LogP contribution in [0.5, 0.6) is 0 Å². The van der Waals surface area contributed by atoms with Crippen LogP contribution in [0.3, 0.4) is 0 Å². The summed E-state index contributed by atoms with van der Waals surface area (Å²) in [6, 6.07) is 5.61. The van der Waals surface area contributed by atoms with E-state index in [-0.39, 0.29) is 17.6 Å². The van der Waals surface area contributed by atoms with Crippen LogP contribution in [0.2, 0.25) is 0 Å². The Hall–Kier alpha value is -2.15. The number of carbonyl (C=O) groups is 1. The molecular formula is C17H27N5O2. The predicted octanol–water partition coefficient (Wildman–Crippen LogP) is 1.76. The average molecular weight is 333 g/mol. The van der Waals surface area contributed by atoms with Gasteiger partial charge in [0.25, 0.3) is 0 Å². The van der Waals surface area contributed by atoms with Crippen LogP contribution < -0.4 is 10.6 Å². The number of aryl methyl sites for hydroxylation is 1. The summed E-state index contributed by atoms with van der Waals surface area (Å²) in [4.78, 5) is 11.8. The number of hydrogen-bond acceptors (Lipinski definition) is 4. The molecule has 0 bridgehead atoms. The third-order valence-corrected chi connectivity index (χ3v) is 3.82. The van der Waals surface area contributed by atoms with Crippen molar-refractivity contribution in [3.05, 3.63) is 30.2 Å². The molecule has 2 rings (SSSR count). The van der Waals surface area contributed by atoms with Gasteiger partial charge in [-0.1, -0.05) is 19.9 Å². The highest BCUT2D eigenvalue weighted by Crippen LogP contribution is 2.20. The van der Waals surface area contributed by atoms with Crippen molar-refractivity contribution in [2.75, 3.05) is 13.1 Å². The molecule has 132 valence electrons. The van der Waals surface area contributed by atoms with Crippen molar-refractivity contribution in [2.24, 2.45) is 5.41 Å². The van der Waals surface area contributed by atoms with Gasteiger partial charge in [-0.2, -0.15) is 0 Å². The molecule has 24 heavy (non-hydrogen) atoms. The van der Waals surface area contributed by atoms with Crippen LogP contribution in [-0.4, -0.2) is 44.9 Å². The number of amides is 2. The zero-order valence-corrected chi connectivity index (χ0v) is 14.6. The number of aromatic nitrogens is 3.